The van der Waals surface area contributed by atoms with Crippen molar-refractivity contribution in [3.8, 4) is 0 Å². The predicted molar refractivity (Wildman–Crippen MR) is 114 cm³/mol. The minimum absolute atomic E-state index is 0.00791. The van der Waals surface area contributed by atoms with Gasteiger partial charge in [0.25, 0.3) is 0 Å². The minimum Gasteiger partial charge on any atom is -0.0688 e. The summed E-state index contributed by atoms with van der Waals surface area (Å²) in [5.74, 6) is 0. The van der Waals surface area contributed by atoms with E-state index in [1.54, 1.807) is 10.6 Å². The molecule has 0 aliphatic carbocycles. The second-order valence-corrected chi connectivity index (χ2v) is 14.4. The van der Waals surface area contributed by atoms with Crippen LogP contribution in [-0.2, 0) is 0 Å². The quantitative estimate of drug-likeness (QED) is 0.520. The average Bonchev–Trinajstić information content (AvgIpc) is 2.83. The van der Waals surface area contributed by atoms with Crippen LogP contribution in [-0.4, -0.2) is 22.6 Å². The normalized spacial score (nSPS) is 38.3. The zero-order valence-electron chi connectivity index (χ0n) is 16.2. The molecular weight excluding hydrogens is 326 g/mol. The van der Waals surface area contributed by atoms with Crippen molar-refractivity contribution >= 4 is 26.5 Å². The SMILES string of the molecule is C[C@@H]1CCCC[C@H](C)P1c1ccccc1P1[C@H](C)CCCC[C@@H]1C. The summed E-state index contributed by atoms with van der Waals surface area (Å²) in [5.41, 5.74) is 3.63. The maximum atomic E-state index is 2.55. The van der Waals surface area contributed by atoms with Gasteiger partial charge in [-0.1, -0.05) is 93.5 Å². The van der Waals surface area contributed by atoms with Crippen molar-refractivity contribution in [3.05, 3.63) is 24.3 Å². The molecule has 24 heavy (non-hydrogen) atoms. The molecule has 2 aliphatic rings. The van der Waals surface area contributed by atoms with Crippen molar-refractivity contribution in [3.63, 3.8) is 0 Å². The highest BCUT2D eigenvalue weighted by atomic mass is 31.1. The van der Waals surface area contributed by atoms with E-state index in [1.807, 2.05) is 0 Å². The highest BCUT2D eigenvalue weighted by Crippen LogP contribution is 2.55. The van der Waals surface area contributed by atoms with Gasteiger partial charge in [0.2, 0.25) is 0 Å². The molecule has 0 nitrogen and oxygen atoms in total. The van der Waals surface area contributed by atoms with E-state index in [2.05, 4.69) is 52.0 Å². The van der Waals surface area contributed by atoms with Gasteiger partial charge in [-0.3, -0.25) is 0 Å². The van der Waals surface area contributed by atoms with Gasteiger partial charge in [0.15, 0.2) is 0 Å². The molecule has 0 aromatic heterocycles. The Hall–Kier alpha value is 0.0800. The minimum atomic E-state index is 0.00791. The lowest BCUT2D eigenvalue weighted by molar-refractivity contribution is 0.662. The highest BCUT2D eigenvalue weighted by molar-refractivity contribution is 7.73. The van der Waals surface area contributed by atoms with Gasteiger partial charge in [0.1, 0.15) is 0 Å². The van der Waals surface area contributed by atoms with Gasteiger partial charge in [-0.15, -0.1) is 0 Å². The molecule has 0 spiro atoms. The lowest BCUT2D eigenvalue weighted by Crippen LogP contribution is -2.32. The van der Waals surface area contributed by atoms with Gasteiger partial charge in [-0.25, -0.2) is 0 Å². The van der Waals surface area contributed by atoms with Crippen LogP contribution in [0.25, 0.3) is 0 Å². The molecule has 1 aromatic carbocycles. The second kappa shape index (κ2) is 8.64. The van der Waals surface area contributed by atoms with Crippen LogP contribution in [0.1, 0.15) is 79.1 Å². The second-order valence-electron chi connectivity index (χ2n) is 8.27. The molecule has 2 fully saturated rings. The lowest BCUT2D eigenvalue weighted by Gasteiger charge is -2.35. The van der Waals surface area contributed by atoms with E-state index < -0.39 is 0 Å². The molecular formula is C22H36P2. The highest BCUT2D eigenvalue weighted by Gasteiger charge is 2.33. The van der Waals surface area contributed by atoms with Gasteiger partial charge >= 0.3 is 0 Å². The van der Waals surface area contributed by atoms with Crippen molar-refractivity contribution in [2.24, 2.45) is 0 Å². The Morgan fingerprint density at radius 1 is 0.583 bits per heavy atom. The topological polar surface area (TPSA) is 0 Å². The predicted octanol–water partition coefficient (Wildman–Crippen LogP) is 6.60. The largest absolute Gasteiger partial charge is 0.0688 e. The van der Waals surface area contributed by atoms with Crippen LogP contribution in [0.4, 0.5) is 0 Å². The number of hydrogen-bond acceptors (Lipinski definition) is 0. The number of benzene rings is 1. The Balaban J connectivity index is 2.00. The third-order valence-corrected chi connectivity index (χ3v) is 13.2. The van der Waals surface area contributed by atoms with Crippen molar-refractivity contribution in [1.82, 2.24) is 0 Å². The van der Waals surface area contributed by atoms with E-state index in [-0.39, 0.29) is 15.8 Å². The Labute approximate surface area is 152 Å². The van der Waals surface area contributed by atoms with Crippen LogP contribution in [0, 0.1) is 0 Å². The molecule has 134 valence electrons. The summed E-state index contributed by atoms with van der Waals surface area (Å²) in [6.07, 6.45) is 11.6. The van der Waals surface area contributed by atoms with Gasteiger partial charge < -0.3 is 0 Å². The van der Waals surface area contributed by atoms with Crippen molar-refractivity contribution < 1.29 is 0 Å². The lowest BCUT2D eigenvalue weighted by atomic mass is 10.1. The third-order valence-electron chi connectivity index (χ3n) is 6.33. The molecule has 6 atom stereocenters. The molecule has 0 saturated carbocycles. The summed E-state index contributed by atoms with van der Waals surface area (Å²) in [7, 11) is 0.0158. The Morgan fingerprint density at radius 2 is 0.875 bits per heavy atom. The number of rotatable bonds is 2. The van der Waals surface area contributed by atoms with E-state index >= 15 is 0 Å². The van der Waals surface area contributed by atoms with Crippen molar-refractivity contribution in [2.45, 2.75) is 102 Å². The molecule has 0 radical (unpaired) electrons. The van der Waals surface area contributed by atoms with Gasteiger partial charge in [0.05, 0.1) is 0 Å². The van der Waals surface area contributed by atoms with Crippen LogP contribution in [0.2, 0.25) is 0 Å². The summed E-state index contributed by atoms with van der Waals surface area (Å²) >= 11 is 0. The zero-order valence-corrected chi connectivity index (χ0v) is 18.0. The Morgan fingerprint density at radius 3 is 1.17 bits per heavy atom. The molecule has 0 N–H and O–H groups in total. The first-order chi connectivity index (χ1) is 11.6. The summed E-state index contributed by atoms with van der Waals surface area (Å²) in [6, 6.07) is 9.72. The van der Waals surface area contributed by atoms with E-state index in [0.29, 0.717) is 0 Å². The number of hydrogen-bond donors (Lipinski definition) is 0. The van der Waals surface area contributed by atoms with Crippen LogP contribution >= 0.6 is 15.8 Å². The molecule has 1 aromatic rings. The maximum absolute atomic E-state index is 2.55. The molecule has 2 aliphatic heterocycles. The Kier molecular flexibility index (Phi) is 6.79. The molecule has 3 rings (SSSR count). The summed E-state index contributed by atoms with van der Waals surface area (Å²) in [4.78, 5) is 0. The molecule has 2 heterocycles. The van der Waals surface area contributed by atoms with Gasteiger partial charge in [0, 0.05) is 0 Å². The smallest absolute Gasteiger partial charge is 0.0158 e. The summed E-state index contributed by atoms with van der Waals surface area (Å²) in [6.45, 7) is 10.2. The fourth-order valence-electron chi connectivity index (χ4n) is 5.03. The first kappa shape index (κ1) is 18.9. The van der Waals surface area contributed by atoms with E-state index in [1.165, 1.54) is 51.4 Å². The third kappa shape index (κ3) is 4.07. The monoisotopic (exact) mass is 362 g/mol. The zero-order chi connectivity index (χ0) is 17.1. The molecule has 0 bridgehead atoms. The van der Waals surface area contributed by atoms with Crippen molar-refractivity contribution in [2.75, 3.05) is 0 Å². The van der Waals surface area contributed by atoms with Crippen LogP contribution in [0.5, 0.6) is 0 Å². The van der Waals surface area contributed by atoms with Crippen LogP contribution in [0.3, 0.4) is 0 Å². The fraction of sp³-hybridized carbons (Fsp3) is 0.727. The van der Waals surface area contributed by atoms with E-state index in [9.17, 15) is 0 Å². The Bertz CT molecular complexity index is 455. The molecule has 2 unspecified atom stereocenters. The average molecular weight is 362 g/mol. The van der Waals surface area contributed by atoms with Crippen LogP contribution in [0.15, 0.2) is 24.3 Å². The molecule has 2 saturated heterocycles. The first-order valence-electron chi connectivity index (χ1n) is 10.2. The standard InChI is InChI=1S/C22H36P2/c1-17-11-5-6-12-18(2)23(17)21-15-9-10-16-22(21)24-19(3)13-7-8-14-20(24)4/h9-10,15-20H,5-8,11-14H2,1-4H3/t17-,18+,19-,20+,23?,24?. The van der Waals surface area contributed by atoms with Gasteiger partial charge in [-0.05, 0) is 58.9 Å². The summed E-state index contributed by atoms with van der Waals surface area (Å²) in [5, 5.41) is 3.61. The van der Waals surface area contributed by atoms with Crippen LogP contribution < -0.4 is 10.6 Å². The van der Waals surface area contributed by atoms with E-state index in [0.717, 1.165) is 22.6 Å². The van der Waals surface area contributed by atoms with E-state index in [4.69, 9.17) is 0 Å². The maximum Gasteiger partial charge on any atom is -0.0158 e. The molecule has 0 amide bonds. The summed E-state index contributed by atoms with van der Waals surface area (Å²) < 4.78 is 0. The molecule has 2 heteroatoms. The first-order valence-corrected chi connectivity index (χ1v) is 13.2. The fourth-order valence-corrected chi connectivity index (χ4v) is 12.4. The van der Waals surface area contributed by atoms with Crippen molar-refractivity contribution in [1.29, 1.82) is 0 Å². The van der Waals surface area contributed by atoms with Gasteiger partial charge in [-0.2, -0.15) is 0 Å².